The number of para-hydroxylation sites is 2. The number of ether oxygens (including phenoxy) is 1. The van der Waals surface area contributed by atoms with Crippen molar-refractivity contribution in [3.05, 3.63) is 35.7 Å². The summed E-state index contributed by atoms with van der Waals surface area (Å²) < 4.78 is 7.15. The van der Waals surface area contributed by atoms with Gasteiger partial charge in [0.15, 0.2) is 0 Å². The van der Waals surface area contributed by atoms with Gasteiger partial charge in [0.1, 0.15) is 17.1 Å². The molecule has 1 aliphatic rings. The van der Waals surface area contributed by atoms with Crippen LogP contribution in [-0.2, 0) is 17.8 Å². The first-order valence-corrected chi connectivity index (χ1v) is 6.09. The molecule has 6 nitrogen and oxygen atoms in total. The van der Waals surface area contributed by atoms with E-state index in [4.69, 9.17) is 4.74 Å². The molecule has 0 spiro atoms. The molecule has 0 aliphatic carbocycles. The summed E-state index contributed by atoms with van der Waals surface area (Å²) in [6, 6.07) is 7.69. The highest BCUT2D eigenvalue weighted by atomic mass is 16.5. The molecule has 2 heterocycles. The van der Waals surface area contributed by atoms with E-state index in [0.717, 1.165) is 35.7 Å². The maximum Gasteiger partial charge on any atom is 0.210 e. The van der Waals surface area contributed by atoms with Crippen LogP contribution in [0.4, 0.5) is 0 Å². The molecule has 0 atom stereocenters. The normalized spacial score (nSPS) is 14.1. The lowest BCUT2D eigenvalue weighted by Crippen LogP contribution is -2.30. The number of carbonyl (C=O) groups is 1. The molecule has 19 heavy (non-hydrogen) atoms. The molecule has 2 aromatic rings. The summed E-state index contributed by atoms with van der Waals surface area (Å²) in [4.78, 5) is 12.5. The maximum atomic E-state index is 10.8. The van der Waals surface area contributed by atoms with E-state index < -0.39 is 0 Å². The van der Waals surface area contributed by atoms with Crippen molar-refractivity contribution in [1.82, 2.24) is 19.9 Å². The Bertz CT molecular complexity index is 608. The Morgan fingerprint density at radius 2 is 2.21 bits per heavy atom. The Kier molecular flexibility index (Phi) is 2.91. The summed E-state index contributed by atoms with van der Waals surface area (Å²) in [6.45, 7) is 1.22. The monoisotopic (exact) mass is 258 g/mol. The first kappa shape index (κ1) is 11.7. The average Bonchev–Trinajstić information content (AvgIpc) is 2.89. The fraction of sp³-hybridized carbons (Fsp3) is 0.308. The second-order valence-electron chi connectivity index (χ2n) is 4.39. The van der Waals surface area contributed by atoms with Crippen LogP contribution < -0.4 is 4.74 Å². The number of hydrogen-bond donors (Lipinski definition) is 0. The van der Waals surface area contributed by atoms with Crippen molar-refractivity contribution in [1.29, 1.82) is 0 Å². The van der Waals surface area contributed by atoms with E-state index in [1.165, 1.54) is 0 Å². The zero-order valence-corrected chi connectivity index (χ0v) is 10.6. The Morgan fingerprint density at radius 1 is 1.37 bits per heavy atom. The number of rotatable bonds is 3. The van der Waals surface area contributed by atoms with E-state index in [1.807, 2.05) is 24.3 Å². The summed E-state index contributed by atoms with van der Waals surface area (Å²) in [5.74, 6) is 0.757. The number of fused-ring (bicyclic) bond motifs is 1. The summed E-state index contributed by atoms with van der Waals surface area (Å²) in [5, 5.41) is 8.35. The van der Waals surface area contributed by atoms with Gasteiger partial charge in [0.2, 0.25) is 6.41 Å². The van der Waals surface area contributed by atoms with Crippen molar-refractivity contribution >= 4 is 6.41 Å². The fourth-order valence-electron chi connectivity index (χ4n) is 2.31. The maximum absolute atomic E-state index is 10.8. The van der Waals surface area contributed by atoms with Gasteiger partial charge in [0, 0.05) is 13.0 Å². The smallest absolute Gasteiger partial charge is 0.210 e. The summed E-state index contributed by atoms with van der Waals surface area (Å²) in [7, 11) is 1.64. The van der Waals surface area contributed by atoms with Crippen LogP contribution in [0.5, 0.6) is 5.75 Å². The highest BCUT2D eigenvalue weighted by Crippen LogP contribution is 2.25. The molecule has 0 N–H and O–H groups in total. The molecule has 0 fully saturated rings. The number of methoxy groups -OCH3 is 1. The van der Waals surface area contributed by atoms with Gasteiger partial charge in [-0.3, -0.25) is 4.79 Å². The number of amides is 1. The van der Waals surface area contributed by atoms with Gasteiger partial charge >= 0.3 is 0 Å². The average molecular weight is 258 g/mol. The van der Waals surface area contributed by atoms with Crippen molar-refractivity contribution in [2.45, 2.75) is 13.0 Å². The standard InChI is InChI=1S/C13H14N4O2/c1-19-13-5-3-2-4-12(13)17-11-6-7-16(9-18)8-10(11)14-15-17/h2-5,9H,6-8H2,1H3. The Hall–Kier alpha value is -2.37. The number of aromatic nitrogens is 3. The molecule has 98 valence electrons. The van der Waals surface area contributed by atoms with Gasteiger partial charge in [0.05, 0.1) is 19.3 Å². The molecular weight excluding hydrogens is 244 g/mol. The number of benzene rings is 1. The molecule has 1 aliphatic heterocycles. The van der Waals surface area contributed by atoms with E-state index in [9.17, 15) is 4.79 Å². The van der Waals surface area contributed by atoms with Crippen LogP contribution in [0.3, 0.4) is 0 Å². The lowest BCUT2D eigenvalue weighted by molar-refractivity contribution is -0.119. The third kappa shape index (κ3) is 1.95. The van der Waals surface area contributed by atoms with Crippen molar-refractivity contribution in [2.75, 3.05) is 13.7 Å². The van der Waals surface area contributed by atoms with E-state index in [2.05, 4.69) is 10.3 Å². The predicted molar refractivity (Wildman–Crippen MR) is 68.1 cm³/mol. The largest absolute Gasteiger partial charge is 0.494 e. The fourth-order valence-corrected chi connectivity index (χ4v) is 2.31. The minimum Gasteiger partial charge on any atom is -0.494 e. The molecule has 1 aromatic heterocycles. The van der Waals surface area contributed by atoms with Crippen molar-refractivity contribution in [3.63, 3.8) is 0 Å². The molecule has 6 heteroatoms. The first-order chi connectivity index (χ1) is 9.33. The molecule has 1 aromatic carbocycles. The second kappa shape index (κ2) is 4.72. The van der Waals surface area contributed by atoms with E-state index in [-0.39, 0.29) is 0 Å². The second-order valence-corrected chi connectivity index (χ2v) is 4.39. The minimum atomic E-state index is 0.522. The van der Waals surface area contributed by atoms with Crippen LogP contribution in [0.15, 0.2) is 24.3 Å². The molecule has 0 saturated heterocycles. The molecule has 0 saturated carbocycles. The van der Waals surface area contributed by atoms with Gasteiger partial charge in [-0.05, 0) is 12.1 Å². The van der Waals surface area contributed by atoms with Gasteiger partial charge in [0.25, 0.3) is 0 Å². The van der Waals surface area contributed by atoms with Crippen LogP contribution in [0.1, 0.15) is 11.4 Å². The van der Waals surface area contributed by atoms with E-state index in [1.54, 1.807) is 16.7 Å². The third-order valence-electron chi connectivity index (χ3n) is 3.29. The molecule has 0 bridgehead atoms. The third-order valence-corrected chi connectivity index (χ3v) is 3.29. The van der Waals surface area contributed by atoms with Gasteiger partial charge in [-0.15, -0.1) is 5.10 Å². The molecule has 0 radical (unpaired) electrons. The number of hydrogen-bond acceptors (Lipinski definition) is 4. The van der Waals surface area contributed by atoms with Crippen molar-refractivity contribution in [3.8, 4) is 11.4 Å². The van der Waals surface area contributed by atoms with Crippen LogP contribution in [0.2, 0.25) is 0 Å². The quantitative estimate of drug-likeness (QED) is 0.764. The molecular formula is C13H14N4O2. The van der Waals surface area contributed by atoms with Crippen LogP contribution in [-0.4, -0.2) is 40.0 Å². The Labute approximate surface area is 110 Å². The predicted octanol–water partition coefficient (Wildman–Crippen LogP) is 0.790. The van der Waals surface area contributed by atoms with Gasteiger partial charge < -0.3 is 9.64 Å². The SMILES string of the molecule is COc1ccccc1-n1nnc2c1CCN(C=O)C2. The molecule has 1 amide bonds. The number of carbonyl (C=O) groups excluding carboxylic acids is 1. The van der Waals surface area contributed by atoms with Gasteiger partial charge in [-0.25, -0.2) is 4.68 Å². The van der Waals surface area contributed by atoms with Crippen molar-refractivity contribution < 1.29 is 9.53 Å². The summed E-state index contributed by atoms with van der Waals surface area (Å²) in [5.41, 5.74) is 2.77. The zero-order valence-electron chi connectivity index (χ0n) is 10.6. The van der Waals surface area contributed by atoms with E-state index in [0.29, 0.717) is 13.1 Å². The zero-order chi connectivity index (χ0) is 13.2. The van der Waals surface area contributed by atoms with Gasteiger partial charge in [-0.2, -0.15) is 0 Å². The van der Waals surface area contributed by atoms with Crippen LogP contribution in [0, 0.1) is 0 Å². The Balaban J connectivity index is 2.04. The first-order valence-electron chi connectivity index (χ1n) is 6.09. The highest BCUT2D eigenvalue weighted by Gasteiger charge is 2.22. The summed E-state index contributed by atoms with van der Waals surface area (Å²) >= 11 is 0. The summed E-state index contributed by atoms with van der Waals surface area (Å²) in [6.07, 6.45) is 1.60. The topological polar surface area (TPSA) is 60.2 Å². The van der Waals surface area contributed by atoms with Gasteiger partial charge in [-0.1, -0.05) is 17.3 Å². The lowest BCUT2D eigenvalue weighted by Gasteiger charge is -2.22. The Morgan fingerprint density at radius 3 is 3.00 bits per heavy atom. The van der Waals surface area contributed by atoms with E-state index >= 15 is 0 Å². The van der Waals surface area contributed by atoms with Crippen LogP contribution in [0.25, 0.3) is 5.69 Å². The highest BCUT2D eigenvalue weighted by molar-refractivity contribution is 5.50. The lowest BCUT2D eigenvalue weighted by atomic mass is 10.1. The number of nitrogens with zero attached hydrogens (tertiary/aromatic N) is 4. The minimum absolute atomic E-state index is 0.522. The molecule has 3 rings (SSSR count). The van der Waals surface area contributed by atoms with Crippen LogP contribution >= 0.6 is 0 Å². The molecule has 0 unspecified atom stereocenters. The van der Waals surface area contributed by atoms with Crippen molar-refractivity contribution in [2.24, 2.45) is 0 Å².